The predicted octanol–water partition coefficient (Wildman–Crippen LogP) is 4.50. The van der Waals surface area contributed by atoms with Crippen LogP contribution in [0.2, 0.25) is 0 Å². The molecule has 1 amide bonds. The summed E-state index contributed by atoms with van der Waals surface area (Å²) in [5.41, 5.74) is -0.815. The molecule has 0 aliphatic heterocycles. The van der Waals surface area contributed by atoms with Gasteiger partial charge in [0, 0.05) is 6.08 Å². The lowest BCUT2D eigenvalue weighted by Crippen LogP contribution is -2.20. The van der Waals surface area contributed by atoms with Crippen LogP contribution < -0.4 is 10.1 Å². The van der Waals surface area contributed by atoms with Crippen LogP contribution >= 0.6 is 0 Å². The summed E-state index contributed by atoms with van der Waals surface area (Å²) in [5.74, 6) is -2.07. The van der Waals surface area contributed by atoms with Crippen LogP contribution in [0.4, 0.5) is 27.6 Å². The quantitative estimate of drug-likeness (QED) is 0.411. The Bertz CT molecular complexity index is 896. The van der Waals surface area contributed by atoms with Crippen LogP contribution in [0.1, 0.15) is 11.1 Å². The number of anilines is 1. The smallest absolute Gasteiger partial charge is 0.416 e. The first-order valence-corrected chi connectivity index (χ1v) is 8.01. The molecular formula is C19H14F5NO4. The average Bonchev–Trinajstić information content (AvgIpc) is 2.65. The summed E-state index contributed by atoms with van der Waals surface area (Å²) in [6.45, 7) is -3.83. The first-order chi connectivity index (χ1) is 13.6. The molecule has 154 valence electrons. The van der Waals surface area contributed by atoms with Gasteiger partial charge >= 0.3 is 18.8 Å². The molecule has 0 aliphatic rings. The van der Waals surface area contributed by atoms with Crippen LogP contribution in [0.25, 0.3) is 6.08 Å². The van der Waals surface area contributed by atoms with Gasteiger partial charge in [0.1, 0.15) is 5.75 Å². The highest BCUT2D eigenvalue weighted by atomic mass is 19.4. The number of ether oxygens (including phenoxy) is 2. The maximum Gasteiger partial charge on any atom is 0.416 e. The minimum atomic E-state index is -4.52. The molecule has 0 atom stereocenters. The number of alkyl halides is 5. The van der Waals surface area contributed by atoms with Gasteiger partial charge in [-0.3, -0.25) is 4.79 Å². The zero-order valence-electron chi connectivity index (χ0n) is 14.6. The van der Waals surface area contributed by atoms with Crippen molar-refractivity contribution in [3.63, 3.8) is 0 Å². The summed E-state index contributed by atoms with van der Waals surface area (Å²) in [4.78, 5) is 23.4. The molecule has 10 heteroatoms. The number of carbonyl (C=O) groups is 2. The monoisotopic (exact) mass is 415 g/mol. The van der Waals surface area contributed by atoms with Crippen molar-refractivity contribution in [3.8, 4) is 5.75 Å². The van der Waals surface area contributed by atoms with Crippen LogP contribution in [0.15, 0.2) is 54.6 Å². The lowest BCUT2D eigenvalue weighted by molar-refractivity contribution is -0.142. The third kappa shape index (κ3) is 7.24. The molecule has 0 unspecified atom stereocenters. The number of benzene rings is 2. The van der Waals surface area contributed by atoms with Gasteiger partial charge in [-0.05, 0) is 35.9 Å². The number of hydrogen-bond acceptors (Lipinski definition) is 4. The molecule has 0 saturated carbocycles. The fourth-order valence-electron chi connectivity index (χ4n) is 2.12. The third-order valence-electron chi connectivity index (χ3n) is 3.35. The summed E-state index contributed by atoms with van der Waals surface area (Å²) < 4.78 is 71.5. The van der Waals surface area contributed by atoms with E-state index < -0.39 is 36.8 Å². The van der Waals surface area contributed by atoms with Crippen molar-refractivity contribution in [1.82, 2.24) is 0 Å². The van der Waals surface area contributed by atoms with Gasteiger partial charge in [-0.15, -0.1) is 0 Å². The molecule has 29 heavy (non-hydrogen) atoms. The van der Waals surface area contributed by atoms with Gasteiger partial charge in [0.2, 0.25) is 0 Å². The van der Waals surface area contributed by atoms with E-state index in [4.69, 9.17) is 0 Å². The fraction of sp³-hybridized carbons (Fsp3) is 0.158. The number of amides is 1. The van der Waals surface area contributed by atoms with Crippen LogP contribution in [0, 0.1) is 0 Å². The van der Waals surface area contributed by atoms with Gasteiger partial charge < -0.3 is 14.8 Å². The molecular weight excluding hydrogens is 401 g/mol. The molecule has 0 heterocycles. The highest BCUT2D eigenvalue weighted by molar-refractivity contribution is 5.95. The van der Waals surface area contributed by atoms with Crippen molar-refractivity contribution in [2.24, 2.45) is 0 Å². The van der Waals surface area contributed by atoms with E-state index in [1.807, 2.05) is 0 Å². The summed E-state index contributed by atoms with van der Waals surface area (Å²) in [6.07, 6.45) is -2.56. The standard InChI is InChI=1S/C19H14F5NO4/c20-18(21)29-15-7-2-1-6-14(15)25-16(26)11-28-17(27)9-8-12-4-3-5-13(10-12)19(22,23)24/h1-10,18H,11H2,(H,25,26)/b9-8+. The van der Waals surface area contributed by atoms with Crippen LogP contribution in [0.5, 0.6) is 5.75 Å². The highest BCUT2D eigenvalue weighted by Crippen LogP contribution is 2.29. The molecule has 0 radical (unpaired) electrons. The first kappa shape index (κ1) is 21.9. The number of nitrogens with one attached hydrogen (secondary N) is 1. The van der Waals surface area contributed by atoms with Gasteiger partial charge in [0.05, 0.1) is 11.3 Å². The zero-order chi connectivity index (χ0) is 21.4. The van der Waals surface area contributed by atoms with E-state index in [-0.39, 0.29) is 17.0 Å². The summed E-state index contributed by atoms with van der Waals surface area (Å²) in [7, 11) is 0. The Kier molecular flexibility index (Phi) is 7.29. The Morgan fingerprint density at radius 3 is 2.48 bits per heavy atom. The van der Waals surface area contributed by atoms with Crippen LogP contribution in [-0.2, 0) is 20.5 Å². The molecule has 0 spiro atoms. The minimum absolute atomic E-state index is 0.0478. The van der Waals surface area contributed by atoms with Crippen LogP contribution in [-0.4, -0.2) is 25.1 Å². The van der Waals surface area contributed by atoms with E-state index in [1.165, 1.54) is 36.4 Å². The number of esters is 1. The lowest BCUT2D eigenvalue weighted by Gasteiger charge is -2.11. The summed E-state index contributed by atoms with van der Waals surface area (Å²) >= 11 is 0. The SMILES string of the molecule is O=C(COC(=O)/C=C/c1cccc(C(F)(F)F)c1)Nc1ccccc1OC(F)F. The van der Waals surface area contributed by atoms with Crippen molar-refractivity contribution in [1.29, 1.82) is 0 Å². The Labute approximate surface area is 161 Å². The van der Waals surface area contributed by atoms with Gasteiger partial charge in [0.25, 0.3) is 5.91 Å². The second-order valence-electron chi connectivity index (χ2n) is 5.49. The summed E-state index contributed by atoms with van der Waals surface area (Å²) in [6, 6.07) is 9.68. The second kappa shape index (κ2) is 9.67. The van der Waals surface area contributed by atoms with Gasteiger partial charge in [0.15, 0.2) is 6.61 Å². The van der Waals surface area contributed by atoms with E-state index in [9.17, 15) is 31.5 Å². The Morgan fingerprint density at radius 1 is 1.07 bits per heavy atom. The number of rotatable bonds is 7. The largest absolute Gasteiger partial charge is 0.452 e. The normalized spacial score (nSPS) is 11.5. The molecule has 2 aromatic rings. The Balaban J connectivity index is 1.90. The highest BCUT2D eigenvalue weighted by Gasteiger charge is 2.30. The van der Waals surface area contributed by atoms with E-state index in [2.05, 4.69) is 14.8 Å². The maximum absolute atomic E-state index is 12.6. The molecule has 0 fully saturated rings. The molecule has 0 aliphatic carbocycles. The molecule has 1 N–H and O–H groups in total. The first-order valence-electron chi connectivity index (χ1n) is 8.01. The van der Waals surface area contributed by atoms with Gasteiger partial charge in [-0.25, -0.2) is 4.79 Å². The molecule has 0 aromatic heterocycles. The summed E-state index contributed by atoms with van der Waals surface area (Å²) in [5, 5.41) is 2.25. The predicted molar refractivity (Wildman–Crippen MR) is 93.1 cm³/mol. The fourth-order valence-corrected chi connectivity index (χ4v) is 2.12. The maximum atomic E-state index is 12.6. The van der Waals surface area contributed by atoms with Crippen molar-refractivity contribution in [2.75, 3.05) is 11.9 Å². The van der Waals surface area contributed by atoms with Crippen molar-refractivity contribution in [3.05, 3.63) is 65.7 Å². The number of hydrogen-bond donors (Lipinski definition) is 1. The van der Waals surface area contributed by atoms with Gasteiger partial charge in [-0.1, -0.05) is 24.3 Å². The van der Waals surface area contributed by atoms with Crippen molar-refractivity contribution in [2.45, 2.75) is 12.8 Å². The minimum Gasteiger partial charge on any atom is -0.452 e. The van der Waals surface area contributed by atoms with Crippen molar-refractivity contribution >= 4 is 23.6 Å². The number of halogens is 5. The average molecular weight is 415 g/mol. The van der Waals surface area contributed by atoms with E-state index >= 15 is 0 Å². The van der Waals surface area contributed by atoms with Crippen molar-refractivity contribution < 1.29 is 41.0 Å². The molecule has 0 bridgehead atoms. The number of para-hydroxylation sites is 2. The number of carbonyl (C=O) groups excluding carboxylic acids is 2. The van der Waals surface area contributed by atoms with Crippen LogP contribution in [0.3, 0.4) is 0 Å². The second-order valence-corrected chi connectivity index (χ2v) is 5.49. The molecule has 0 saturated heterocycles. The van der Waals surface area contributed by atoms with E-state index in [0.717, 1.165) is 24.3 Å². The van der Waals surface area contributed by atoms with E-state index in [1.54, 1.807) is 0 Å². The topological polar surface area (TPSA) is 64.6 Å². The van der Waals surface area contributed by atoms with Gasteiger partial charge in [-0.2, -0.15) is 22.0 Å². The lowest BCUT2D eigenvalue weighted by atomic mass is 10.1. The molecule has 5 nitrogen and oxygen atoms in total. The molecule has 2 rings (SSSR count). The molecule has 2 aromatic carbocycles. The third-order valence-corrected chi connectivity index (χ3v) is 3.35. The zero-order valence-corrected chi connectivity index (χ0v) is 14.6. The Morgan fingerprint density at radius 2 is 1.79 bits per heavy atom. The van der Waals surface area contributed by atoms with E-state index in [0.29, 0.717) is 0 Å². The Hall–Kier alpha value is -3.43.